The van der Waals surface area contributed by atoms with Gasteiger partial charge in [-0.1, -0.05) is 25.0 Å². The number of amides is 1. The second-order valence-electron chi connectivity index (χ2n) is 6.20. The lowest BCUT2D eigenvalue weighted by molar-refractivity contribution is 0.102. The molecule has 1 saturated heterocycles. The van der Waals surface area contributed by atoms with Gasteiger partial charge in [-0.25, -0.2) is 0 Å². The van der Waals surface area contributed by atoms with Gasteiger partial charge in [0.05, 0.1) is 16.9 Å². The molecule has 23 heavy (non-hydrogen) atoms. The van der Waals surface area contributed by atoms with Gasteiger partial charge < -0.3 is 14.6 Å². The van der Waals surface area contributed by atoms with E-state index in [0.717, 1.165) is 30.2 Å². The number of carbonyl (C=O) groups excluding carboxylic acids is 1. The number of hydrogen-bond acceptors (Lipinski definition) is 3. The van der Waals surface area contributed by atoms with Crippen molar-refractivity contribution in [1.29, 1.82) is 0 Å². The van der Waals surface area contributed by atoms with Crippen molar-refractivity contribution in [2.75, 3.05) is 23.3 Å². The maximum atomic E-state index is 12.6. The summed E-state index contributed by atoms with van der Waals surface area (Å²) < 4.78 is 5.47. The summed E-state index contributed by atoms with van der Waals surface area (Å²) in [5, 5.41) is 3.06. The zero-order valence-electron chi connectivity index (χ0n) is 13.9. The minimum Gasteiger partial charge on any atom is -0.466 e. The highest BCUT2D eigenvalue weighted by Gasteiger charge is 2.17. The third kappa shape index (κ3) is 3.58. The van der Waals surface area contributed by atoms with E-state index in [1.54, 1.807) is 6.07 Å². The molecule has 2 heterocycles. The fraction of sp³-hybridized carbons (Fsp3) is 0.421. The molecule has 1 aliphatic rings. The van der Waals surface area contributed by atoms with Gasteiger partial charge in [0, 0.05) is 13.1 Å². The number of anilines is 2. The van der Waals surface area contributed by atoms with Crippen LogP contribution in [0.3, 0.4) is 0 Å². The van der Waals surface area contributed by atoms with Gasteiger partial charge in [-0.05, 0) is 44.9 Å². The van der Waals surface area contributed by atoms with Crippen molar-refractivity contribution in [3.8, 4) is 0 Å². The smallest absolute Gasteiger partial charge is 0.259 e. The molecular formula is C19H24N2O2. The average molecular weight is 312 g/mol. The molecule has 0 atom stereocenters. The standard InChI is InChI=1S/C19H24N2O2/c1-14-13-16(15(2)23-14)19(22)20-17-9-5-6-10-18(17)21-11-7-3-4-8-12-21/h5-6,9-10,13H,3-4,7-8,11-12H2,1-2H3,(H,20,22). The summed E-state index contributed by atoms with van der Waals surface area (Å²) >= 11 is 0. The van der Waals surface area contributed by atoms with Crippen LogP contribution >= 0.6 is 0 Å². The van der Waals surface area contributed by atoms with Gasteiger partial charge in [0.15, 0.2) is 0 Å². The predicted molar refractivity (Wildman–Crippen MR) is 93.3 cm³/mol. The molecule has 0 saturated carbocycles. The summed E-state index contributed by atoms with van der Waals surface area (Å²) in [6.07, 6.45) is 5.00. The Morgan fingerprint density at radius 2 is 1.78 bits per heavy atom. The van der Waals surface area contributed by atoms with E-state index in [-0.39, 0.29) is 5.91 Å². The first-order chi connectivity index (χ1) is 11.1. The van der Waals surface area contributed by atoms with Crippen molar-refractivity contribution in [3.05, 3.63) is 47.4 Å². The molecule has 0 bridgehead atoms. The van der Waals surface area contributed by atoms with Crippen LogP contribution < -0.4 is 10.2 Å². The molecule has 0 aliphatic carbocycles. The number of nitrogens with zero attached hydrogens (tertiary/aromatic N) is 1. The molecule has 4 heteroatoms. The minimum absolute atomic E-state index is 0.110. The van der Waals surface area contributed by atoms with E-state index in [4.69, 9.17) is 4.42 Å². The summed E-state index contributed by atoms with van der Waals surface area (Å²) in [5.41, 5.74) is 2.59. The fourth-order valence-electron chi connectivity index (χ4n) is 3.21. The first-order valence-corrected chi connectivity index (χ1v) is 8.37. The monoisotopic (exact) mass is 312 g/mol. The highest BCUT2D eigenvalue weighted by molar-refractivity contribution is 6.06. The van der Waals surface area contributed by atoms with Crippen LogP contribution in [0.15, 0.2) is 34.7 Å². The molecule has 0 spiro atoms. The molecule has 1 aromatic heterocycles. The second kappa shape index (κ2) is 6.90. The lowest BCUT2D eigenvalue weighted by atomic mass is 10.2. The topological polar surface area (TPSA) is 45.5 Å². The van der Waals surface area contributed by atoms with Crippen molar-refractivity contribution in [3.63, 3.8) is 0 Å². The van der Waals surface area contributed by atoms with Crippen molar-refractivity contribution >= 4 is 17.3 Å². The number of benzene rings is 1. The van der Waals surface area contributed by atoms with E-state index < -0.39 is 0 Å². The van der Waals surface area contributed by atoms with Crippen LogP contribution in [-0.2, 0) is 0 Å². The predicted octanol–water partition coefficient (Wildman–Crippen LogP) is 4.53. The van der Waals surface area contributed by atoms with E-state index >= 15 is 0 Å². The van der Waals surface area contributed by atoms with Crippen molar-refractivity contribution in [2.45, 2.75) is 39.5 Å². The largest absolute Gasteiger partial charge is 0.466 e. The third-order valence-electron chi connectivity index (χ3n) is 4.38. The van der Waals surface area contributed by atoms with Gasteiger partial charge in [0.2, 0.25) is 0 Å². The maximum Gasteiger partial charge on any atom is 0.259 e. The third-order valence-corrected chi connectivity index (χ3v) is 4.38. The first-order valence-electron chi connectivity index (χ1n) is 8.37. The van der Waals surface area contributed by atoms with Crippen LogP contribution in [0.25, 0.3) is 0 Å². The highest BCUT2D eigenvalue weighted by atomic mass is 16.3. The van der Waals surface area contributed by atoms with E-state index in [2.05, 4.69) is 16.3 Å². The lowest BCUT2D eigenvalue weighted by Gasteiger charge is -2.25. The molecule has 2 aromatic rings. The van der Waals surface area contributed by atoms with Crippen LogP contribution in [0.5, 0.6) is 0 Å². The number of para-hydroxylation sites is 2. The Hall–Kier alpha value is -2.23. The van der Waals surface area contributed by atoms with E-state index in [0.29, 0.717) is 11.3 Å². The quantitative estimate of drug-likeness (QED) is 0.905. The first kappa shape index (κ1) is 15.7. The normalized spacial score (nSPS) is 15.3. The summed E-state index contributed by atoms with van der Waals surface area (Å²) in [4.78, 5) is 14.9. The molecular weight excluding hydrogens is 288 g/mol. The molecule has 0 unspecified atom stereocenters. The van der Waals surface area contributed by atoms with E-state index in [1.165, 1.54) is 25.7 Å². The van der Waals surface area contributed by atoms with Crippen molar-refractivity contribution < 1.29 is 9.21 Å². The van der Waals surface area contributed by atoms with Crippen molar-refractivity contribution in [2.24, 2.45) is 0 Å². The number of hydrogen-bond donors (Lipinski definition) is 1. The molecule has 1 fully saturated rings. The van der Waals surface area contributed by atoms with Gasteiger partial charge in [-0.2, -0.15) is 0 Å². The summed E-state index contributed by atoms with van der Waals surface area (Å²) in [7, 11) is 0. The molecule has 0 radical (unpaired) electrons. The van der Waals surface area contributed by atoms with Crippen LogP contribution in [0.2, 0.25) is 0 Å². The zero-order valence-corrected chi connectivity index (χ0v) is 13.9. The number of rotatable bonds is 3. The molecule has 3 rings (SSSR count). The van der Waals surface area contributed by atoms with Gasteiger partial charge in [-0.3, -0.25) is 4.79 Å². The zero-order chi connectivity index (χ0) is 16.2. The number of furan rings is 1. The molecule has 1 aromatic carbocycles. The Morgan fingerprint density at radius 1 is 1.09 bits per heavy atom. The Bertz CT molecular complexity index is 682. The molecule has 1 aliphatic heterocycles. The molecule has 1 amide bonds. The Kier molecular flexibility index (Phi) is 4.70. The number of carbonyl (C=O) groups is 1. The van der Waals surface area contributed by atoms with Crippen LogP contribution in [0.1, 0.15) is 47.6 Å². The van der Waals surface area contributed by atoms with E-state index in [1.807, 2.05) is 32.0 Å². The summed E-state index contributed by atoms with van der Waals surface area (Å²) in [6, 6.07) is 9.85. The number of nitrogens with one attached hydrogen (secondary N) is 1. The number of aryl methyl sites for hydroxylation is 2. The minimum atomic E-state index is -0.110. The van der Waals surface area contributed by atoms with Gasteiger partial charge in [-0.15, -0.1) is 0 Å². The van der Waals surface area contributed by atoms with Crippen molar-refractivity contribution in [1.82, 2.24) is 0 Å². The molecule has 1 N–H and O–H groups in total. The second-order valence-corrected chi connectivity index (χ2v) is 6.20. The summed E-state index contributed by atoms with van der Waals surface area (Å²) in [6.45, 7) is 5.78. The van der Waals surface area contributed by atoms with Gasteiger partial charge in [0.1, 0.15) is 11.5 Å². The highest BCUT2D eigenvalue weighted by Crippen LogP contribution is 2.28. The van der Waals surface area contributed by atoms with Crippen LogP contribution in [-0.4, -0.2) is 19.0 Å². The molecule has 4 nitrogen and oxygen atoms in total. The fourth-order valence-corrected chi connectivity index (χ4v) is 3.21. The Balaban J connectivity index is 1.82. The summed E-state index contributed by atoms with van der Waals surface area (Å²) in [5.74, 6) is 1.31. The van der Waals surface area contributed by atoms with Gasteiger partial charge in [0.25, 0.3) is 5.91 Å². The maximum absolute atomic E-state index is 12.6. The van der Waals surface area contributed by atoms with Crippen LogP contribution in [0.4, 0.5) is 11.4 Å². The average Bonchev–Trinajstić information content (AvgIpc) is 2.75. The Labute approximate surface area is 137 Å². The molecule has 122 valence electrons. The van der Waals surface area contributed by atoms with Crippen LogP contribution in [0, 0.1) is 13.8 Å². The SMILES string of the molecule is Cc1cc(C(=O)Nc2ccccc2N2CCCCCC2)c(C)o1. The lowest BCUT2D eigenvalue weighted by Crippen LogP contribution is -2.25. The van der Waals surface area contributed by atoms with Gasteiger partial charge >= 0.3 is 0 Å². The van der Waals surface area contributed by atoms with E-state index in [9.17, 15) is 4.79 Å². The Morgan fingerprint density at radius 3 is 2.43 bits per heavy atom.